The van der Waals surface area contributed by atoms with Crippen LogP contribution >= 0.6 is 0 Å². The Kier molecular flexibility index (Phi) is 8.26. The zero-order valence-corrected chi connectivity index (χ0v) is 19.8. The number of hydrogen-bond acceptors (Lipinski definition) is 8. The van der Waals surface area contributed by atoms with Gasteiger partial charge in [-0.05, 0) is 44.3 Å². The number of ether oxygens (including phenoxy) is 2. The smallest absolute Gasteiger partial charge is 0.273 e. The van der Waals surface area contributed by atoms with Crippen molar-refractivity contribution in [3.8, 4) is 5.75 Å². The molecule has 1 atom stereocenters. The summed E-state index contributed by atoms with van der Waals surface area (Å²) in [5.41, 5.74) is 7.78. The molecule has 34 heavy (non-hydrogen) atoms. The third kappa shape index (κ3) is 5.74. The maximum atomic E-state index is 13.3. The van der Waals surface area contributed by atoms with Gasteiger partial charge in [-0.25, -0.2) is 4.98 Å². The minimum atomic E-state index is -0.431. The number of aliphatic imine (C=N–C) groups is 1. The van der Waals surface area contributed by atoms with E-state index in [4.69, 9.17) is 15.2 Å². The van der Waals surface area contributed by atoms with E-state index >= 15 is 0 Å². The largest absolute Gasteiger partial charge is 0.493 e. The zero-order chi connectivity index (χ0) is 24.7. The van der Waals surface area contributed by atoms with Crippen LogP contribution < -0.4 is 15.4 Å². The Morgan fingerprint density at radius 2 is 2.09 bits per heavy atom. The van der Waals surface area contributed by atoms with E-state index in [1.165, 1.54) is 13.2 Å². The van der Waals surface area contributed by atoms with Crippen molar-refractivity contribution in [2.75, 3.05) is 44.0 Å². The first-order valence-corrected chi connectivity index (χ1v) is 10.9. The number of para-hydroxylation sites is 1. The number of methoxy groups -OCH3 is 1. The number of amides is 1. The number of anilines is 2. The van der Waals surface area contributed by atoms with E-state index in [1.54, 1.807) is 18.0 Å². The van der Waals surface area contributed by atoms with Crippen molar-refractivity contribution in [1.82, 2.24) is 9.88 Å². The van der Waals surface area contributed by atoms with E-state index in [-0.39, 0.29) is 18.2 Å². The molecule has 0 radical (unpaired) electrons. The lowest BCUT2D eigenvalue weighted by molar-refractivity contribution is -0.130. The summed E-state index contributed by atoms with van der Waals surface area (Å²) < 4.78 is 11.3. The van der Waals surface area contributed by atoms with Crippen LogP contribution in [0.4, 0.5) is 11.5 Å². The molecule has 3 N–H and O–H groups in total. The van der Waals surface area contributed by atoms with Crippen molar-refractivity contribution in [3.63, 3.8) is 0 Å². The second kappa shape index (κ2) is 11.3. The molecule has 9 heteroatoms. The van der Waals surface area contributed by atoms with Crippen molar-refractivity contribution in [1.29, 1.82) is 0 Å². The van der Waals surface area contributed by atoms with Gasteiger partial charge in [0.1, 0.15) is 23.0 Å². The molecule has 2 heterocycles. The number of carbonyl (C=O) groups excluding carboxylic acids is 1. The highest BCUT2D eigenvalue weighted by molar-refractivity contribution is 5.94. The van der Waals surface area contributed by atoms with Crippen LogP contribution in [-0.4, -0.2) is 67.0 Å². The quantitative estimate of drug-likeness (QED) is 0.267. The lowest BCUT2D eigenvalue weighted by Gasteiger charge is -2.42. The Morgan fingerprint density at radius 3 is 2.71 bits per heavy atom. The molecule has 180 valence electrons. The number of pyridine rings is 1. The Morgan fingerprint density at radius 1 is 1.35 bits per heavy atom. The van der Waals surface area contributed by atoms with Crippen molar-refractivity contribution in [2.24, 2.45) is 4.99 Å². The maximum Gasteiger partial charge on any atom is 0.273 e. The Labute approximate surface area is 199 Å². The number of hydrogen-bond donors (Lipinski definition) is 2. The molecule has 3 rings (SSSR count). The Balaban J connectivity index is 1.79. The summed E-state index contributed by atoms with van der Waals surface area (Å²) in [5.74, 6) is 1.57. The van der Waals surface area contributed by atoms with Crippen LogP contribution in [0.3, 0.4) is 0 Å². The number of benzene rings is 1. The van der Waals surface area contributed by atoms with E-state index < -0.39 is 6.04 Å². The highest BCUT2D eigenvalue weighted by Crippen LogP contribution is 2.25. The molecule has 9 nitrogen and oxygen atoms in total. The summed E-state index contributed by atoms with van der Waals surface area (Å²) in [6, 6.07) is 10.6. The van der Waals surface area contributed by atoms with E-state index in [0.29, 0.717) is 42.7 Å². The summed E-state index contributed by atoms with van der Waals surface area (Å²) in [6.07, 6.45) is 3.22. The molecule has 0 saturated carbocycles. The van der Waals surface area contributed by atoms with Crippen LogP contribution in [0.2, 0.25) is 0 Å². The molecule has 1 fully saturated rings. The van der Waals surface area contributed by atoms with Gasteiger partial charge in [-0.15, -0.1) is 0 Å². The minimum Gasteiger partial charge on any atom is -0.493 e. The average Bonchev–Trinajstić information content (AvgIpc) is 2.84. The molecule has 0 unspecified atom stereocenters. The van der Waals surface area contributed by atoms with Gasteiger partial charge in [0.2, 0.25) is 0 Å². The third-order valence-corrected chi connectivity index (χ3v) is 5.64. The van der Waals surface area contributed by atoms with Crippen molar-refractivity contribution < 1.29 is 19.4 Å². The normalized spacial score (nSPS) is 17.2. The number of aryl methyl sites for hydroxylation is 1. The molecule has 0 spiro atoms. The number of carbonyl (C=O) groups is 1. The monoisotopic (exact) mass is 465 g/mol. The lowest BCUT2D eigenvalue weighted by atomic mass is 10.1. The van der Waals surface area contributed by atoms with Gasteiger partial charge >= 0.3 is 0 Å². The van der Waals surface area contributed by atoms with Crippen LogP contribution in [0.1, 0.15) is 12.5 Å². The highest BCUT2D eigenvalue weighted by Gasteiger charge is 2.32. The first-order chi connectivity index (χ1) is 16.4. The lowest BCUT2D eigenvalue weighted by Crippen LogP contribution is -2.57. The van der Waals surface area contributed by atoms with Crippen LogP contribution in [0.25, 0.3) is 0 Å². The zero-order valence-electron chi connectivity index (χ0n) is 19.8. The van der Waals surface area contributed by atoms with Crippen molar-refractivity contribution >= 4 is 24.1 Å². The van der Waals surface area contributed by atoms with Crippen LogP contribution in [-0.2, 0) is 9.53 Å². The number of aliphatic hydroxyl groups excluding tert-OH is 1. The molecule has 2 aromatic rings. The third-order valence-electron chi connectivity index (χ3n) is 5.64. The number of nitrogen functional groups attached to an aromatic ring is 1. The molecule has 1 saturated heterocycles. The standard InChI is InChI=1S/C25H31N5O4/c1-17-12-24(26)28-14-22(17)29-10-11-30(19(15-29)16-31)25(32)21(27-3)13-23(33-4)18(2)34-20-8-6-5-7-9-20/h5-9,12-14,19,31H,3,10-11,15-16H2,1-2,4H3,(H2,26,28)/b21-13-,23-18-/t19-/m1/s1. The number of nitrogens with zero attached hydrogens (tertiary/aromatic N) is 4. The molecule has 0 bridgehead atoms. The number of aliphatic hydroxyl groups is 1. The fourth-order valence-corrected chi connectivity index (χ4v) is 3.87. The number of nitrogens with two attached hydrogens (primary N) is 1. The van der Waals surface area contributed by atoms with Gasteiger partial charge in [0.15, 0.2) is 5.76 Å². The summed E-state index contributed by atoms with van der Waals surface area (Å²) in [7, 11) is 1.49. The van der Waals surface area contributed by atoms with Gasteiger partial charge < -0.3 is 30.1 Å². The minimum absolute atomic E-state index is 0.102. The van der Waals surface area contributed by atoms with Crippen molar-refractivity contribution in [3.05, 3.63) is 71.4 Å². The highest BCUT2D eigenvalue weighted by atomic mass is 16.5. The second-order valence-electron chi connectivity index (χ2n) is 7.90. The van der Waals surface area contributed by atoms with Crippen LogP contribution in [0, 0.1) is 6.92 Å². The fourth-order valence-electron chi connectivity index (χ4n) is 3.87. The molecule has 0 aliphatic carbocycles. The van der Waals surface area contributed by atoms with E-state index in [2.05, 4.69) is 21.6 Å². The molecule has 1 aromatic carbocycles. The Bertz CT molecular complexity index is 1080. The predicted octanol–water partition coefficient (Wildman–Crippen LogP) is 2.52. The number of piperazine rings is 1. The predicted molar refractivity (Wildman–Crippen MR) is 133 cm³/mol. The van der Waals surface area contributed by atoms with E-state index in [0.717, 1.165) is 11.3 Å². The second-order valence-corrected chi connectivity index (χ2v) is 7.90. The van der Waals surface area contributed by atoms with Gasteiger partial charge in [-0.2, -0.15) is 0 Å². The van der Waals surface area contributed by atoms with Gasteiger partial charge in [0.25, 0.3) is 5.91 Å². The van der Waals surface area contributed by atoms with Crippen LogP contribution in [0.5, 0.6) is 5.75 Å². The topological polar surface area (TPSA) is 114 Å². The van der Waals surface area contributed by atoms with Gasteiger partial charge in [-0.1, -0.05) is 18.2 Å². The van der Waals surface area contributed by atoms with Gasteiger partial charge in [-0.3, -0.25) is 9.79 Å². The van der Waals surface area contributed by atoms with Gasteiger partial charge in [0.05, 0.1) is 31.6 Å². The SMILES string of the molecule is C=N/C(=C\C(OC)=C(/C)Oc1ccccc1)C(=O)N1CCN(c2cnc(N)cc2C)C[C@@H]1CO. The molecule has 1 aliphatic rings. The molecule has 1 amide bonds. The number of allylic oxidation sites excluding steroid dienone is 2. The average molecular weight is 466 g/mol. The first kappa shape index (κ1) is 24.8. The van der Waals surface area contributed by atoms with Gasteiger partial charge in [0, 0.05) is 25.7 Å². The summed E-state index contributed by atoms with van der Waals surface area (Å²) >= 11 is 0. The summed E-state index contributed by atoms with van der Waals surface area (Å²) in [6.45, 7) is 8.48. The first-order valence-electron chi connectivity index (χ1n) is 10.9. The van der Waals surface area contributed by atoms with E-state index in [9.17, 15) is 9.90 Å². The Hall–Kier alpha value is -3.85. The summed E-state index contributed by atoms with van der Waals surface area (Å²) in [5, 5.41) is 10.0. The number of rotatable bonds is 8. The van der Waals surface area contributed by atoms with Crippen molar-refractivity contribution in [2.45, 2.75) is 19.9 Å². The number of aromatic nitrogens is 1. The van der Waals surface area contributed by atoms with Crippen LogP contribution in [0.15, 0.2) is 70.9 Å². The fraction of sp³-hybridized carbons (Fsp3) is 0.320. The molecule has 1 aromatic heterocycles. The molecule has 1 aliphatic heterocycles. The molecular weight excluding hydrogens is 434 g/mol. The van der Waals surface area contributed by atoms with E-state index in [1.807, 2.05) is 43.3 Å². The maximum absolute atomic E-state index is 13.3. The molecular formula is C25H31N5O4. The summed E-state index contributed by atoms with van der Waals surface area (Å²) in [4.78, 5) is 25.2.